The number of nitrogens with one attached hydrogen (secondary N) is 1. The summed E-state index contributed by atoms with van der Waals surface area (Å²) in [4.78, 5) is 14.4. The number of aliphatic hydroxyl groups is 1. The predicted molar refractivity (Wildman–Crippen MR) is 86.0 cm³/mol. The van der Waals surface area contributed by atoms with E-state index >= 15 is 0 Å². The molecule has 118 valence electrons. The fourth-order valence-electron chi connectivity index (χ4n) is 2.21. The Kier molecular flexibility index (Phi) is 7.97. The summed E-state index contributed by atoms with van der Waals surface area (Å²) in [6.07, 6.45) is 2.07. The van der Waals surface area contributed by atoms with Crippen molar-refractivity contribution in [3.8, 4) is 0 Å². The SMILES string of the molecule is CCCCN(CCO)C(C)C(=O)Nc1ccccc1CN. The standard InChI is InChI=1S/C16H27N3O2/c1-3-4-9-19(10-11-20)13(2)16(21)18-15-8-6-5-7-14(15)12-17/h5-8,13,20H,3-4,9-12,17H2,1-2H3,(H,18,21). The van der Waals surface area contributed by atoms with Gasteiger partial charge in [0.2, 0.25) is 5.91 Å². The lowest BCUT2D eigenvalue weighted by molar-refractivity contribution is -0.120. The molecule has 0 heterocycles. The predicted octanol–water partition coefficient (Wildman–Crippen LogP) is 1.57. The molecule has 0 spiro atoms. The molecule has 0 saturated heterocycles. The Bertz CT molecular complexity index is 437. The van der Waals surface area contributed by atoms with E-state index in [0.717, 1.165) is 30.6 Å². The topological polar surface area (TPSA) is 78.6 Å². The lowest BCUT2D eigenvalue weighted by atomic mass is 10.1. The lowest BCUT2D eigenvalue weighted by Gasteiger charge is -2.27. The Morgan fingerprint density at radius 1 is 1.38 bits per heavy atom. The zero-order valence-electron chi connectivity index (χ0n) is 13.0. The second-order valence-corrected chi connectivity index (χ2v) is 5.14. The molecule has 1 aromatic carbocycles. The third-order valence-corrected chi connectivity index (χ3v) is 3.61. The van der Waals surface area contributed by atoms with Gasteiger partial charge in [-0.1, -0.05) is 31.5 Å². The Labute approximate surface area is 127 Å². The first-order valence-corrected chi connectivity index (χ1v) is 7.57. The average Bonchev–Trinajstić information content (AvgIpc) is 2.51. The number of nitrogens with two attached hydrogens (primary N) is 1. The maximum atomic E-state index is 12.4. The van der Waals surface area contributed by atoms with Crippen LogP contribution in [0.5, 0.6) is 0 Å². The highest BCUT2D eigenvalue weighted by atomic mass is 16.3. The molecule has 1 amide bonds. The Hall–Kier alpha value is -1.43. The van der Waals surface area contributed by atoms with E-state index in [9.17, 15) is 4.79 Å². The molecule has 0 aromatic heterocycles. The van der Waals surface area contributed by atoms with Crippen molar-refractivity contribution in [2.75, 3.05) is 25.0 Å². The molecule has 21 heavy (non-hydrogen) atoms. The van der Waals surface area contributed by atoms with Crippen molar-refractivity contribution >= 4 is 11.6 Å². The van der Waals surface area contributed by atoms with Crippen LogP contribution in [0.3, 0.4) is 0 Å². The van der Waals surface area contributed by atoms with Crippen LogP contribution in [0.25, 0.3) is 0 Å². The van der Waals surface area contributed by atoms with E-state index in [1.54, 1.807) is 0 Å². The number of hydrogen-bond acceptors (Lipinski definition) is 4. The molecule has 1 aromatic rings. The minimum atomic E-state index is -0.283. The highest BCUT2D eigenvalue weighted by molar-refractivity contribution is 5.95. The molecule has 0 aliphatic rings. The summed E-state index contributed by atoms with van der Waals surface area (Å²) in [5.74, 6) is -0.0690. The number of carbonyl (C=O) groups is 1. The third-order valence-electron chi connectivity index (χ3n) is 3.61. The quantitative estimate of drug-likeness (QED) is 0.646. The second kappa shape index (κ2) is 9.50. The number of rotatable bonds is 9. The number of nitrogens with zero attached hydrogens (tertiary/aromatic N) is 1. The zero-order chi connectivity index (χ0) is 15.7. The minimum Gasteiger partial charge on any atom is -0.395 e. The van der Waals surface area contributed by atoms with Crippen molar-refractivity contribution in [3.05, 3.63) is 29.8 Å². The van der Waals surface area contributed by atoms with Crippen LogP contribution in [0.4, 0.5) is 5.69 Å². The van der Waals surface area contributed by atoms with Crippen LogP contribution in [-0.4, -0.2) is 41.7 Å². The van der Waals surface area contributed by atoms with Gasteiger partial charge < -0.3 is 16.2 Å². The summed E-state index contributed by atoms with van der Waals surface area (Å²) in [5.41, 5.74) is 7.36. The van der Waals surface area contributed by atoms with Crippen molar-refractivity contribution in [1.29, 1.82) is 0 Å². The summed E-state index contributed by atoms with van der Waals surface area (Å²) >= 11 is 0. The normalized spacial score (nSPS) is 12.4. The van der Waals surface area contributed by atoms with Gasteiger partial charge in [-0.15, -0.1) is 0 Å². The van der Waals surface area contributed by atoms with Gasteiger partial charge in [-0.05, 0) is 31.5 Å². The summed E-state index contributed by atoms with van der Waals surface area (Å²) in [5, 5.41) is 12.1. The molecule has 0 bridgehead atoms. The van der Waals surface area contributed by atoms with Crippen molar-refractivity contribution in [2.24, 2.45) is 5.73 Å². The first-order valence-electron chi connectivity index (χ1n) is 7.57. The third kappa shape index (κ3) is 5.46. The summed E-state index contributed by atoms with van der Waals surface area (Å²) < 4.78 is 0. The monoisotopic (exact) mass is 293 g/mol. The van der Waals surface area contributed by atoms with Gasteiger partial charge in [0.05, 0.1) is 12.6 Å². The lowest BCUT2D eigenvalue weighted by Crippen LogP contribution is -2.44. The number of para-hydroxylation sites is 1. The number of unbranched alkanes of at least 4 members (excludes halogenated alkanes) is 1. The number of amides is 1. The van der Waals surface area contributed by atoms with E-state index in [4.69, 9.17) is 10.8 Å². The number of aliphatic hydroxyl groups excluding tert-OH is 1. The molecule has 5 nitrogen and oxygen atoms in total. The Morgan fingerprint density at radius 3 is 2.71 bits per heavy atom. The second-order valence-electron chi connectivity index (χ2n) is 5.14. The van der Waals surface area contributed by atoms with Crippen LogP contribution in [-0.2, 0) is 11.3 Å². The first-order chi connectivity index (χ1) is 10.1. The summed E-state index contributed by atoms with van der Waals surface area (Å²) in [7, 11) is 0. The van der Waals surface area contributed by atoms with Crippen molar-refractivity contribution < 1.29 is 9.90 Å². The molecule has 0 saturated carbocycles. The van der Waals surface area contributed by atoms with Crippen LogP contribution in [0, 0.1) is 0 Å². The van der Waals surface area contributed by atoms with Crippen LogP contribution >= 0.6 is 0 Å². The number of hydrogen-bond donors (Lipinski definition) is 3. The number of benzene rings is 1. The van der Waals surface area contributed by atoms with Gasteiger partial charge in [0.15, 0.2) is 0 Å². The molecule has 0 fully saturated rings. The van der Waals surface area contributed by atoms with Gasteiger partial charge in [0.25, 0.3) is 0 Å². The van der Waals surface area contributed by atoms with Gasteiger partial charge >= 0.3 is 0 Å². The van der Waals surface area contributed by atoms with E-state index in [1.165, 1.54) is 0 Å². The zero-order valence-corrected chi connectivity index (χ0v) is 13.0. The maximum Gasteiger partial charge on any atom is 0.241 e. The molecular weight excluding hydrogens is 266 g/mol. The summed E-state index contributed by atoms with van der Waals surface area (Å²) in [6, 6.07) is 7.26. The molecule has 0 aliphatic heterocycles. The molecule has 1 atom stereocenters. The highest BCUT2D eigenvalue weighted by Gasteiger charge is 2.21. The Morgan fingerprint density at radius 2 is 2.10 bits per heavy atom. The first kappa shape index (κ1) is 17.6. The van der Waals surface area contributed by atoms with Gasteiger partial charge in [0.1, 0.15) is 0 Å². The molecule has 1 unspecified atom stereocenters. The van der Waals surface area contributed by atoms with Crippen LogP contribution in [0.2, 0.25) is 0 Å². The van der Waals surface area contributed by atoms with Crippen molar-refractivity contribution in [3.63, 3.8) is 0 Å². The van der Waals surface area contributed by atoms with E-state index in [-0.39, 0.29) is 18.6 Å². The number of carbonyl (C=O) groups excluding carboxylic acids is 1. The van der Waals surface area contributed by atoms with Crippen molar-refractivity contribution in [2.45, 2.75) is 39.3 Å². The van der Waals surface area contributed by atoms with E-state index in [2.05, 4.69) is 12.2 Å². The van der Waals surface area contributed by atoms with E-state index < -0.39 is 0 Å². The average molecular weight is 293 g/mol. The Balaban J connectivity index is 2.71. The largest absolute Gasteiger partial charge is 0.395 e. The van der Waals surface area contributed by atoms with Crippen LogP contribution in [0.15, 0.2) is 24.3 Å². The van der Waals surface area contributed by atoms with Crippen LogP contribution < -0.4 is 11.1 Å². The molecular formula is C16H27N3O2. The summed E-state index contributed by atoms with van der Waals surface area (Å²) in [6.45, 7) is 5.74. The van der Waals surface area contributed by atoms with Gasteiger partial charge in [-0.25, -0.2) is 0 Å². The maximum absolute atomic E-state index is 12.4. The minimum absolute atomic E-state index is 0.0563. The van der Waals surface area contributed by atoms with E-state index in [0.29, 0.717) is 13.1 Å². The van der Waals surface area contributed by atoms with Gasteiger partial charge in [-0.2, -0.15) is 0 Å². The smallest absolute Gasteiger partial charge is 0.241 e. The number of anilines is 1. The fraction of sp³-hybridized carbons (Fsp3) is 0.562. The molecule has 1 rings (SSSR count). The molecule has 0 aliphatic carbocycles. The van der Waals surface area contributed by atoms with Crippen LogP contribution in [0.1, 0.15) is 32.3 Å². The molecule has 4 N–H and O–H groups in total. The molecule has 5 heteroatoms. The van der Waals surface area contributed by atoms with E-state index in [1.807, 2.05) is 36.1 Å². The fourth-order valence-corrected chi connectivity index (χ4v) is 2.21. The highest BCUT2D eigenvalue weighted by Crippen LogP contribution is 2.15. The van der Waals surface area contributed by atoms with Crippen molar-refractivity contribution in [1.82, 2.24) is 4.90 Å². The molecule has 0 radical (unpaired) electrons. The van der Waals surface area contributed by atoms with Gasteiger partial charge in [-0.3, -0.25) is 9.69 Å². The van der Waals surface area contributed by atoms with Gasteiger partial charge in [0, 0.05) is 18.8 Å².